The highest BCUT2D eigenvalue weighted by atomic mass is 16.6. The molecule has 1 aliphatic rings. The van der Waals surface area contributed by atoms with E-state index in [9.17, 15) is 4.79 Å². The lowest BCUT2D eigenvalue weighted by Crippen LogP contribution is -2.36. The van der Waals surface area contributed by atoms with Crippen molar-refractivity contribution < 1.29 is 19.0 Å². The summed E-state index contributed by atoms with van der Waals surface area (Å²) in [5.41, 5.74) is 0.00262. The Morgan fingerprint density at radius 3 is 2.70 bits per heavy atom. The number of carbonyl (C=O) groups is 1. The lowest BCUT2D eigenvalue weighted by molar-refractivity contribution is 0.0275. The summed E-state index contributed by atoms with van der Waals surface area (Å²) < 4.78 is 16.5. The Hall–Kier alpha value is -2.42. The molecule has 6 heteroatoms. The van der Waals surface area contributed by atoms with Crippen LogP contribution in [0.2, 0.25) is 0 Å². The maximum Gasteiger partial charge on any atom is 0.410 e. The summed E-state index contributed by atoms with van der Waals surface area (Å²) in [5.74, 6) is 1.09. The molecule has 23 heavy (non-hydrogen) atoms. The molecule has 6 nitrogen and oxygen atoms in total. The van der Waals surface area contributed by atoms with Crippen LogP contribution in [0.25, 0.3) is 0 Å². The normalized spacial score (nSPS) is 17.5. The van der Waals surface area contributed by atoms with Crippen LogP contribution in [0.5, 0.6) is 11.5 Å². The Labute approximate surface area is 136 Å². The van der Waals surface area contributed by atoms with Gasteiger partial charge in [0.15, 0.2) is 11.5 Å². The van der Waals surface area contributed by atoms with E-state index in [1.807, 2.05) is 20.8 Å². The van der Waals surface area contributed by atoms with E-state index < -0.39 is 5.60 Å². The smallest absolute Gasteiger partial charge is 0.410 e. The standard InChI is InChI=1S/C17H22N2O4/c1-17(2,3)23-16(20)19-8-7-13(11-19)22-14-6-5-12(10-18)9-15(14)21-4/h5-6,9,13H,7-8,11H2,1-4H3/t13-/m0/s1. The minimum Gasteiger partial charge on any atom is -0.493 e. The van der Waals surface area contributed by atoms with Crippen molar-refractivity contribution in [3.8, 4) is 17.6 Å². The van der Waals surface area contributed by atoms with Crippen molar-refractivity contribution in [1.82, 2.24) is 4.90 Å². The molecule has 0 aliphatic carbocycles. The van der Waals surface area contributed by atoms with E-state index in [1.54, 1.807) is 23.1 Å². The van der Waals surface area contributed by atoms with Crippen molar-refractivity contribution in [2.75, 3.05) is 20.2 Å². The average molecular weight is 318 g/mol. The number of nitrogens with zero attached hydrogens (tertiary/aromatic N) is 2. The topological polar surface area (TPSA) is 71.8 Å². The molecular formula is C17H22N2O4. The van der Waals surface area contributed by atoms with Crippen LogP contribution in [0.4, 0.5) is 4.79 Å². The van der Waals surface area contributed by atoms with Crippen LogP contribution in [0, 0.1) is 11.3 Å². The maximum absolute atomic E-state index is 12.1. The van der Waals surface area contributed by atoms with Crippen molar-refractivity contribution in [2.45, 2.75) is 38.9 Å². The highest BCUT2D eigenvalue weighted by Crippen LogP contribution is 2.30. The van der Waals surface area contributed by atoms with E-state index in [0.29, 0.717) is 30.2 Å². The summed E-state index contributed by atoms with van der Waals surface area (Å²) in [6, 6.07) is 7.09. The Bertz CT molecular complexity index is 616. The van der Waals surface area contributed by atoms with Crippen LogP contribution in [0.15, 0.2) is 18.2 Å². The number of benzene rings is 1. The summed E-state index contributed by atoms with van der Waals surface area (Å²) in [4.78, 5) is 13.7. The summed E-state index contributed by atoms with van der Waals surface area (Å²) in [6.07, 6.45) is 0.280. The second-order valence-corrected chi connectivity index (χ2v) is 6.43. The van der Waals surface area contributed by atoms with Gasteiger partial charge in [0, 0.05) is 19.0 Å². The molecule has 0 N–H and O–H groups in total. The molecule has 0 saturated carbocycles. The van der Waals surface area contributed by atoms with Crippen molar-refractivity contribution >= 4 is 6.09 Å². The summed E-state index contributed by atoms with van der Waals surface area (Å²) >= 11 is 0. The quantitative estimate of drug-likeness (QED) is 0.857. The van der Waals surface area contributed by atoms with E-state index in [2.05, 4.69) is 6.07 Å². The monoisotopic (exact) mass is 318 g/mol. The van der Waals surface area contributed by atoms with Gasteiger partial charge < -0.3 is 19.1 Å². The molecule has 1 saturated heterocycles. The van der Waals surface area contributed by atoms with Gasteiger partial charge in [-0.15, -0.1) is 0 Å². The minimum atomic E-state index is -0.508. The van der Waals surface area contributed by atoms with Crippen molar-refractivity contribution in [1.29, 1.82) is 5.26 Å². The highest BCUT2D eigenvalue weighted by molar-refractivity contribution is 5.68. The number of nitriles is 1. The van der Waals surface area contributed by atoms with Gasteiger partial charge in [-0.05, 0) is 32.9 Å². The van der Waals surface area contributed by atoms with Crippen molar-refractivity contribution in [2.24, 2.45) is 0 Å². The predicted molar refractivity (Wildman–Crippen MR) is 84.5 cm³/mol. The fourth-order valence-electron chi connectivity index (χ4n) is 2.33. The lowest BCUT2D eigenvalue weighted by atomic mass is 10.2. The highest BCUT2D eigenvalue weighted by Gasteiger charge is 2.31. The second kappa shape index (κ2) is 6.78. The molecule has 1 heterocycles. The van der Waals surface area contributed by atoms with Crippen LogP contribution in [0.3, 0.4) is 0 Å². The number of amides is 1. The van der Waals surface area contributed by atoms with Gasteiger partial charge in [0.05, 0.1) is 25.3 Å². The van der Waals surface area contributed by atoms with Gasteiger partial charge in [-0.3, -0.25) is 0 Å². The maximum atomic E-state index is 12.1. The third-order valence-corrected chi connectivity index (χ3v) is 3.38. The Kier molecular flexibility index (Phi) is 4.99. The first-order valence-corrected chi connectivity index (χ1v) is 7.55. The molecule has 1 atom stereocenters. The minimum absolute atomic E-state index is 0.121. The van der Waals surface area contributed by atoms with E-state index in [0.717, 1.165) is 6.42 Å². The van der Waals surface area contributed by atoms with Gasteiger partial charge >= 0.3 is 6.09 Å². The van der Waals surface area contributed by atoms with Crippen LogP contribution >= 0.6 is 0 Å². The predicted octanol–water partition coefficient (Wildman–Crippen LogP) is 2.96. The number of hydrogen-bond donors (Lipinski definition) is 0. The van der Waals surface area contributed by atoms with Gasteiger partial charge in [0.25, 0.3) is 0 Å². The first kappa shape index (κ1) is 16.9. The van der Waals surface area contributed by atoms with Gasteiger partial charge in [0.1, 0.15) is 11.7 Å². The molecule has 124 valence electrons. The molecule has 1 fully saturated rings. The third kappa shape index (κ3) is 4.52. The fraction of sp³-hybridized carbons (Fsp3) is 0.529. The molecular weight excluding hydrogens is 296 g/mol. The Morgan fingerprint density at radius 1 is 1.35 bits per heavy atom. The average Bonchev–Trinajstić information content (AvgIpc) is 2.94. The zero-order valence-corrected chi connectivity index (χ0v) is 14.0. The molecule has 0 spiro atoms. The fourth-order valence-corrected chi connectivity index (χ4v) is 2.33. The molecule has 1 aliphatic heterocycles. The van der Waals surface area contributed by atoms with Crippen molar-refractivity contribution in [3.05, 3.63) is 23.8 Å². The van der Waals surface area contributed by atoms with Crippen LogP contribution in [-0.4, -0.2) is 42.9 Å². The number of methoxy groups -OCH3 is 1. The van der Waals surface area contributed by atoms with E-state index in [4.69, 9.17) is 19.5 Å². The summed E-state index contributed by atoms with van der Waals surface area (Å²) in [7, 11) is 1.53. The van der Waals surface area contributed by atoms with E-state index in [-0.39, 0.29) is 12.2 Å². The molecule has 1 aromatic rings. The van der Waals surface area contributed by atoms with Gasteiger partial charge in [-0.1, -0.05) is 0 Å². The van der Waals surface area contributed by atoms with Gasteiger partial charge in [0.2, 0.25) is 0 Å². The van der Waals surface area contributed by atoms with Crippen LogP contribution in [-0.2, 0) is 4.74 Å². The number of likely N-dealkylation sites (tertiary alicyclic amines) is 1. The first-order valence-electron chi connectivity index (χ1n) is 7.55. The van der Waals surface area contributed by atoms with Crippen molar-refractivity contribution in [3.63, 3.8) is 0 Å². The number of carbonyl (C=O) groups excluding carboxylic acids is 1. The molecule has 1 amide bonds. The van der Waals surface area contributed by atoms with E-state index in [1.165, 1.54) is 7.11 Å². The largest absolute Gasteiger partial charge is 0.493 e. The number of ether oxygens (including phenoxy) is 3. The molecule has 0 bridgehead atoms. The molecule has 0 radical (unpaired) electrons. The lowest BCUT2D eigenvalue weighted by Gasteiger charge is -2.24. The Balaban J connectivity index is 1.98. The molecule has 0 aromatic heterocycles. The molecule has 0 unspecified atom stereocenters. The van der Waals surface area contributed by atoms with Gasteiger partial charge in [-0.2, -0.15) is 5.26 Å². The zero-order chi connectivity index (χ0) is 17.0. The SMILES string of the molecule is COc1cc(C#N)ccc1O[C@H]1CCN(C(=O)OC(C)(C)C)C1. The number of hydrogen-bond acceptors (Lipinski definition) is 5. The Morgan fingerprint density at radius 2 is 2.09 bits per heavy atom. The van der Waals surface area contributed by atoms with Crippen LogP contribution < -0.4 is 9.47 Å². The second-order valence-electron chi connectivity index (χ2n) is 6.43. The third-order valence-electron chi connectivity index (χ3n) is 3.38. The first-order chi connectivity index (χ1) is 10.8. The summed E-state index contributed by atoms with van der Waals surface area (Å²) in [6.45, 7) is 6.60. The molecule has 1 aromatic carbocycles. The van der Waals surface area contributed by atoms with Gasteiger partial charge in [-0.25, -0.2) is 4.79 Å². The van der Waals surface area contributed by atoms with Crippen LogP contribution in [0.1, 0.15) is 32.8 Å². The molecule has 2 rings (SSSR count). The van der Waals surface area contributed by atoms with E-state index >= 15 is 0 Å². The zero-order valence-electron chi connectivity index (χ0n) is 14.0. The summed E-state index contributed by atoms with van der Waals surface area (Å²) in [5, 5.41) is 8.92. The number of rotatable bonds is 3.